The monoisotopic (exact) mass is 719 g/mol. The maximum atomic E-state index is 12.8. The summed E-state index contributed by atoms with van der Waals surface area (Å²) in [6.45, 7) is 25.3. The molecule has 2 aliphatic heterocycles. The van der Waals surface area contributed by atoms with Gasteiger partial charge in [0.1, 0.15) is 5.69 Å². The van der Waals surface area contributed by atoms with Gasteiger partial charge in [-0.1, -0.05) is 71.7 Å². The van der Waals surface area contributed by atoms with Crippen molar-refractivity contribution in [3.63, 3.8) is 0 Å². The molecule has 4 aliphatic carbocycles. The Labute approximate surface area is 314 Å². The van der Waals surface area contributed by atoms with Crippen LogP contribution in [0.4, 0.5) is 4.79 Å². The Morgan fingerprint density at radius 3 is 1.83 bits per heavy atom. The molecule has 0 bridgehead atoms. The highest BCUT2D eigenvalue weighted by Gasteiger charge is 2.66. The zero-order chi connectivity index (χ0) is 37.4. The number of ether oxygens (including phenoxy) is 3. The maximum Gasteiger partial charge on any atom is 0.407 e. The second-order valence-electron chi connectivity index (χ2n) is 20.6. The number of amides is 1. The van der Waals surface area contributed by atoms with Gasteiger partial charge in [-0.3, -0.25) is 4.68 Å². The van der Waals surface area contributed by atoms with Gasteiger partial charge in [0.05, 0.1) is 41.8 Å². The van der Waals surface area contributed by atoms with Crippen LogP contribution >= 0.6 is 0 Å². The van der Waals surface area contributed by atoms with Crippen LogP contribution in [0.2, 0.25) is 0 Å². The van der Waals surface area contributed by atoms with E-state index in [0.29, 0.717) is 35.7 Å². The number of carbonyl (C=O) groups is 1. The minimum Gasteiger partial charge on any atom is -0.449 e. The Morgan fingerprint density at radius 2 is 1.29 bits per heavy atom. The summed E-state index contributed by atoms with van der Waals surface area (Å²) in [5.41, 5.74) is 3.58. The van der Waals surface area contributed by atoms with Gasteiger partial charge in [-0.15, -0.1) is 5.10 Å². The number of aryl methyl sites for hydroxylation is 1. The van der Waals surface area contributed by atoms with E-state index < -0.39 is 6.09 Å². The van der Waals surface area contributed by atoms with E-state index >= 15 is 0 Å². The number of alkyl carbamates (subject to hydrolysis) is 1. The minimum absolute atomic E-state index is 0.130. The number of rotatable bonds is 8. The summed E-state index contributed by atoms with van der Waals surface area (Å²) >= 11 is 0. The van der Waals surface area contributed by atoms with Crippen molar-refractivity contribution in [3.8, 4) is 0 Å². The van der Waals surface area contributed by atoms with Gasteiger partial charge < -0.3 is 19.5 Å². The summed E-state index contributed by atoms with van der Waals surface area (Å²) in [4.78, 5) is 12.8. The van der Waals surface area contributed by atoms with Crippen molar-refractivity contribution >= 4 is 6.09 Å². The van der Waals surface area contributed by atoms with Crippen molar-refractivity contribution in [2.45, 2.75) is 195 Å². The molecule has 0 unspecified atom stereocenters. The normalized spacial score (nSPS) is 42.0. The molecule has 2 saturated carbocycles. The van der Waals surface area contributed by atoms with Gasteiger partial charge in [0.25, 0.3) is 0 Å². The summed E-state index contributed by atoms with van der Waals surface area (Å²) in [6, 6.07) is 0. The highest BCUT2D eigenvalue weighted by molar-refractivity contribution is 5.67. The van der Waals surface area contributed by atoms with E-state index in [1.54, 1.807) is 0 Å². The summed E-state index contributed by atoms with van der Waals surface area (Å²) in [6.07, 6.45) is 22.1. The second-order valence-corrected chi connectivity index (χ2v) is 20.6. The summed E-state index contributed by atoms with van der Waals surface area (Å²) < 4.78 is 22.1. The molecule has 0 radical (unpaired) electrons. The number of hydrogen-bond acceptors (Lipinski definition) is 6. The Hall–Kier alpha value is -2.19. The Kier molecular flexibility index (Phi) is 9.49. The molecular weight excluding hydrogens is 649 g/mol. The van der Waals surface area contributed by atoms with Crippen LogP contribution in [0, 0.1) is 33.5 Å². The number of nitrogens with zero attached hydrogens (tertiary/aromatic N) is 3. The fourth-order valence-electron chi connectivity index (χ4n) is 13.3. The summed E-state index contributed by atoms with van der Waals surface area (Å²) in [5, 5.41) is 11.7. The molecule has 1 amide bonds. The summed E-state index contributed by atoms with van der Waals surface area (Å²) in [7, 11) is 0. The maximum absolute atomic E-state index is 12.8. The van der Waals surface area contributed by atoms with Crippen LogP contribution in [0.15, 0.2) is 29.5 Å². The highest BCUT2D eigenvalue weighted by atomic mass is 16.6. The molecule has 4 fully saturated rings. The van der Waals surface area contributed by atoms with Crippen molar-refractivity contribution in [1.82, 2.24) is 20.3 Å². The molecule has 0 aromatic carbocycles. The van der Waals surface area contributed by atoms with E-state index in [9.17, 15) is 4.79 Å². The fraction of sp³-hybridized carbons (Fsp3) is 0.841. The number of aromatic nitrogens is 3. The molecule has 2 saturated heterocycles. The summed E-state index contributed by atoms with van der Waals surface area (Å²) in [5.74, 6) is 1.27. The number of allylic oxidation sites excluding steroid dienone is 2. The third kappa shape index (κ3) is 6.12. The van der Waals surface area contributed by atoms with E-state index in [-0.39, 0.29) is 39.8 Å². The predicted molar refractivity (Wildman–Crippen MR) is 206 cm³/mol. The van der Waals surface area contributed by atoms with Crippen LogP contribution in [0.3, 0.4) is 0 Å². The second kappa shape index (κ2) is 13.0. The smallest absolute Gasteiger partial charge is 0.407 e. The third-order valence-corrected chi connectivity index (χ3v) is 16.5. The van der Waals surface area contributed by atoms with Crippen LogP contribution in [-0.2, 0) is 27.3 Å². The largest absolute Gasteiger partial charge is 0.449 e. The SMILES string of the molecule is CC1=CC[C@H]2C(C)(C)CCC[C@]2(C)[C@@]12CC[C@@](C)(CCOC(=O)NCc1cn(CC[C@]3(C)CC[C@@]4(O3)C(C)=CC[C@H]3C(C)(C)CCC[C@@]34C)nn1)O2. The molecule has 8 atom stereocenters. The molecule has 290 valence electrons. The molecule has 2 spiro atoms. The van der Waals surface area contributed by atoms with Crippen molar-refractivity contribution in [1.29, 1.82) is 0 Å². The van der Waals surface area contributed by atoms with Crippen LogP contribution in [0.5, 0.6) is 0 Å². The van der Waals surface area contributed by atoms with Crippen LogP contribution in [0.25, 0.3) is 0 Å². The first-order valence-corrected chi connectivity index (χ1v) is 20.9. The lowest BCUT2D eigenvalue weighted by atomic mass is 9.46. The third-order valence-electron chi connectivity index (χ3n) is 16.5. The zero-order valence-corrected chi connectivity index (χ0v) is 34.4. The Bertz CT molecular complexity index is 1600. The first-order valence-electron chi connectivity index (χ1n) is 20.9. The van der Waals surface area contributed by atoms with E-state index in [0.717, 1.165) is 50.8 Å². The number of carbonyl (C=O) groups excluding carboxylic acids is 1. The molecule has 1 aromatic rings. The molecule has 1 aromatic heterocycles. The molecule has 8 nitrogen and oxygen atoms in total. The topological polar surface area (TPSA) is 87.5 Å². The van der Waals surface area contributed by atoms with Gasteiger partial charge >= 0.3 is 6.09 Å². The first kappa shape index (κ1) is 38.1. The van der Waals surface area contributed by atoms with E-state index in [1.165, 1.54) is 56.1 Å². The van der Waals surface area contributed by atoms with Crippen LogP contribution < -0.4 is 5.32 Å². The number of nitrogens with one attached hydrogen (secondary N) is 1. The predicted octanol–water partition coefficient (Wildman–Crippen LogP) is 10.3. The standard InChI is InChI=1S/C44H70N4O4/c1-31-13-15-34-37(3,4)17-11-19-41(34,9)43(31)23-21-39(7,51-43)25-27-48-30-33(46-47-48)29-45-36(49)50-28-26-40(8)22-24-44(52-40)32(2)14-16-35-38(5,6)18-12-20-42(35,44)10/h13-14,30,34-35H,11-12,15-29H2,1-10H3,(H,45,49)/t34-,35-,39-,40-,41-,42-,43+,44+/m0/s1. The van der Waals surface area contributed by atoms with Gasteiger partial charge in [0.2, 0.25) is 0 Å². The van der Waals surface area contributed by atoms with Gasteiger partial charge in [0, 0.05) is 23.8 Å². The molecule has 7 rings (SSSR count). The van der Waals surface area contributed by atoms with Gasteiger partial charge in [-0.25, -0.2) is 4.79 Å². The number of hydrogen-bond donors (Lipinski definition) is 1. The van der Waals surface area contributed by atoms with E-state index in [1.807, 2.05) is 10.9 Å². The van der Waals surface area contributed by atoms with Crippen molar-refractivity contribution in [2.75, 3.05) is 6.61 Å². The average molecular weight is 719 g/mol. The van der Waals surface area contributed by atoms with Crippen molar-refractivity contribution < 1.29 is 19.0 Å². The van der Waals surface area contributed by atoms with Crippen molar-refractivity contribution in [2.24, 2.45) is 33.5 Å². The molecule has 52 heavy (non-hydrogen) atoms. The minimum atomic E-state index is -0.425. The highest BCUT2D eigenvalue weighted by Crippen LogP contribution is 2.68. The lowest BCUT2D eigenvalue weighted by Crippen LogP contribution is -2.59. The lowest BCUT2D eigenvalue weighted by Gasteiger charge is -2.61. The van der Waals surface area contributed by atoms with Gasteiger partial charge in [-0.2, -0.15) is 0 Å². The average Bonchev–Trinajstić information content (AvgIpc) is 3.77. The molecule has 6 aliphatic rings. The first-order chi connectivity index (χ1) is 24.3. The van der Waals surface area contributed by atoms with Gasteiger partial charge in [0.15, 0.2) is 0 Å². The molecule has 8 heteroatoms. The quantitative estimate of drug-likeness (QED) is 0.269. The fourth-order valence-corrected chi connectivity index (χ4v) is 13.3. The van der Waals surface area contributed by atoms with Crippen molar-refractivity contribution in [3.05, 3.63) is 35.2 Å². The Balaban J connectivity index is 0.884. The van der Waals surface area contributed by atoms with E-state index in [4.69, 9.17) is 14.2 Å². The molecule has 1 N–H and O–H groups in total. The van der Waals surface area contributed by atoms with Gasteiger partial charge in [-0.05, 0) is 132 Å². The molecule has 3 heterocycles. The van der Waals surface area contributed by atoms with E-state index in [2.05, 4.69) is 97.0 Å². The Morgan fingerprint density at radius 1 is 0.769 bits per heavy atom. The molecular formula is C44H70N4O4. The lowest BCUT2D eigenvalue weighted by molar-refractivity contribution is -0.191. The van der Waals surface area contributed by atoms with Crippen LogP contribution in [-0.4, -0.2) is 50.1 Å². The zero-order valence-electron chi connectivity index (χ0n) is 34.4. The van der Waals surface area contributed by atoms with Crippen LogP contribution in [0.1, 0.15) is 165 Å². The number of fused-ring (bicyclic) bond motifs is 4.